The van der Waals surface area contributed by atoms with Gasteiger partial charge < -0.3 is 10.5 Å². The van der Waals surface area contributed by atoms with Crippen molar-refractivity contribution in [3.63, 3.8) is 0 Å². The summed E-state index contributed by atoms with van der Waals surface area (Å²) in [6.07, 6.45) is 0. The third-order valence-electron chi connectivity index (χ3n) is 1.61. The van der Waals surface area contributed by atoms with E-state index in [2.05, 4.69) is 4.98 Å². The van der Waals surface area contributed by atoms with Crippen LogP contribution in [-0.4, -0.2) is 12.1 Å². The van der Waals surface area contributed by atoms with Crippen molar-refractivity contribution in [1.29, 1.82) is 0 Å². The molecule has 0 aliphatic rings. The van der Waals surface area contributed by atoms with E-state index in [1.807, 2.05) is 18.2 Å². The summed E-state index contributed by atoms with van der Waals surface area (Å²) >= 11 is 1.47. The fourth-order valence-corrected chi connectivity index (χ4v) is 1.81. The molecule has 0 amide bonds. The molecule has 3 nitrogen and oxygen atoms in total. The molecule has 0 spiro atoms. The second kappa shape index (κ2) is 3.81. The van der Waals surface area contributed by atoms with Crippen LogP contribution in [0.5, 0.6) is 5.75 Å². The first-order valence-electron chi connectivity index (χ1n) is 3.49. The normalized spacial score (nSPS) is 9.62. The molecule has 0 unspecified atom stereocenters. The Balaban J connectivity index is 0.000000845. The highest BCUT2D eigenvalue weighted by Gasteiger charge is 2.00. The lowest BCUT2D eigenvalue weighted by Gasteiger charge is -1.96. The van der Waals surface area contributed by atoms with Crippen molar-refractivity contribution < 1.29 is 4.74 Å². The third-order valence-corrected chi connectivity index (χ3v) is 2.46. The molecule has 1 heterocycles. The Morgan fingerprint density at radius 1 is 1.46 bits per heavy atom. The molecule has 0 saturated carbocycles. The lowest BCUT2D eigenvalue weighted by Crippen LogP contribution is -1.81. The fraction of sp³-hybridized carbons (Fsp3) is 0.125. The maximum absolute atomic E-state index is 5.55. The minimum absolute atomic E-state index is 0. The molecule has 5 heteroatoms. The summed E-state index contributed by atoms with van der Waals surface area (Å²) in [5.74, 6) is 0.839. The predicted molar refractivity (Wildman–Crippen MR) is 57.8 cm³/mol. The zero-order valence-electron chi connectivity index (χ0n) is 6.98. The third kappa shape index (κ3) is 1.84. The quantitative estimate of drug-likeness (QED) is 0.796. The van der Waals surface area contributed by atoms with Crippen LogP contribution in [0.15, 0.2) is 18.2 Å². The molecular weight excluding hydrogens is 208 g/mol. The van der Waals surface area contributed by atoms with Gasteiger partial charge in [-0.1, -0.05) is 11.3 Å². The summed E-state index contributed by atoms with van der Waals surface area (Å²) in [4.78, 5) is 4.13. The van der Waals surface area contributed by atoms with E-state index in [9.17, 15) is 0 Å². The number of thiazole rings is 1. The molecule has 0 saturated heterocycles. The van der Waals surface area contributed by atoms with Crippen molar-refractivity contribution in [1.82, 2.24) is 4.98 Å². The largest absolute Gasteiger partial charge is 0.497 e. The second-order valence-electron chi connectivity index (χ2n) is 2.39. The maximum atomic E-state index is 5.55. The number of anilines is 1. The SMILES string of the molecule is COc1ccc2nc(N)sc2c1.Cl. The van der Waals surface area contributed by atoms with Crippen molar-refractivity contribution in [3.8, 4) is 5.75 Å². The molecule has 0 atom stereocenters. The highest BCUT2D eigenvalue weighted by atomic mass is 35.5. The highest BCUT2D eigenvalue weighted by Crippen LogP contribution is 2.26. The lowest BCUT2D eigenvalue weighted by atomic mass is 10.3. The minimum atomic E-state index is 0. The monoisotopic (exact) mass is 216 g/mol. The van der Waals surface area contributed by atoms with Crippen LogP contribution in [0.3, 0.4) is 0 Å². The van der Waals surface area contributed by atoms with Crippen LogP contribution in [0.4, 0.5) is 5.13 Å². The number of hydrogen-bond donors (Lipinski definition) is 1. The number of aromatic nitrogens is 1. The molecule has 2 N–H and O–H groups in total. The van der Waals surface area contributed by atoms with Crippen LogP contribution in [-0.2, 0) is 0 Å². The van der Waals surface area contributed by atoms with E-state index in [-0.39, 0.29) is 12.4 Å². The van der Waals surface area contributed by atoms with Gasteiger partial charge in [0.25, 0.3) is 0 Å². The topological polar surface area (TPSA) is 48.1 Å². The van der Waals surface area contributed by atoms with E-state index in [0.29, 0.717) is 5.13 Å². The Hall–Kier alpha value is -1.00. The van der Waals surface area contributed by atoms with Crippen LogP contribution in [0, 0.1) is 0 Å². The van der Waals surface area contributed by atoms with Crippen LogP contribution in [0.1, 0.15) is 0 Å². The van der Waals surface area contributed by atoms with E-state index in [4.69, 9.17) is 10.5 Å². The number of nitrogen functional groups attached to an aromatic ring is 1. The number of benzene rings is 1. The van der Waals surface area contributed by atoms with Gasteiger partial charge in [-0.2, -0.15) is 0 Å². The van der Waals surface area contributed by atoms with Gasteiger partial charge in [0.2, 0.25) is 0 Å². The number of methoxy groups -OCH3 is 1. The van der Waals surface area contributed by atoms with Crippen molar-refractivity contribution in [2.45, 2.75) is 0 Å². The van der Waals surface area contributed by atoms with Crippen LogP contribution < -0.4 is 10.5 Å². The first-order valence-corrected chi connectivity index (χ1v) is 4.31. The van der Waals surface area contributed by atoms with Gasteiger partial charge in [0.05, 0.1) is 17.3 Å². The molecule has 2 aromatic rings. The van der Waals surface area contributed by atoms with E-state index in [1.165, 1.54) is 11.3 Å². The summed E-state index contributed by atoms with van der Waals surface area (Å²) in [5.41, 5.74) is 6.48. The van der Waals surface area contributed by atoms with Crippen LogP contribution in [0.2, 0.25) is 0 Å². The van der Waals surface area contributed by atoms with Gasteiger partial charge in [-0.15, -0.1) is 12.4 Å². The molecule has 0 radical (unpaired) electrons. The molecule has 70 valence electrons. The van der Waals surface area contributed by atoms with E-state index in [1.54, 1.807) is 7.11 Å². The maximum Gasteiger partial charge on any atom is 0.181 e. The Morgan fingerprint density at radius 3 is 2.92 bits per heavy atom. The van der Waals surface area contributed by atoms with Crippen molar-refractivity contribution in [2.75, 3.05) is 12.8 Å². The van der Waals surface area contributed by atoms with E-state index in [0.717, 1.165) is 16.0 Å². The number of fused-ring (bicyclic) bond motifs is 1. The fourth-order valence-electron chi connectivity index (χ4n) is 1.05. The Morgan fingerprint density at radius 2 is 2.23 bits per heavy atom. The first kappa shape index (κ1) is 10.1. The summed E-state index contributed by atoms with van der Waals surface area (Å²) in [5, 5.41) is 0.596. The smallest absolute Gasteiger partial charge is 0.181 e. The average molecular weight is 217 g/mol. The minimum Gasteiger partial charge on any atom is -0.497 e. The number of rotatable bonds is 1. The Kier molecular flexibility index (Phi) is 2.95. The number of nitrogens with zero attached hydrogens (tertiary/aromatic N) is 1. The van der Waals surface area contributed by atoms with E-state index >= 15 is 0 Å². The second-order valence-corrected chi connectivity index (χ2v) is 3.45. The molecular formula is C8H9ClN2OS. The molecule has 0 fully saturated rings. The summed E-state index contributed by atoms with van der Waals surface area (Å²) in [6, 6.07) is 5.71. The zero-order chi connectivity index (χ0) is 8.55. The number of hydrogen-bond acceptors (Lipinski definition) is 4. The molecule has 13 heavy (non-hydrogen) atoms. The Labute approximate surface area is 85.9 Å². The molecule has 0 aliphatic heterocycles. The molecule has 2 rings (SSSR count). The number of ether oxygens (including phenoxy) is 1. The number of nitrogens with two attached hydrogens (primary N) is 1. The van der Waals surface area contributed by atoms with Gasteiger partial charge in [-0.25, -0.2) is 4.98 Å². The van der Waals surface area contributed by atoms with Gasteiger partial charge >= 0.3 is 0 Å². The molecule has 0 aliphatic carbocycles. The standard InChI is InChI=1S/C8H8N2OS.ClH/c1-11-5-2-3-6-7(4-5)12-8(9)10-6;/h2-4H,1H3,(H2,9,10);1H. The molecule has 1 aromatic carbocycles. The zero-order valence-corrected chi connectivity index (χ0v) is 8.61. The predicted octanol–water partition coefficient (Wildman–Crippen LogP) is 2.31. The van der Waals surface area contributed by atoms with Crippen molar-refractivity contribution in [2.24, 2.45) is 0 Å². The number of halogens is 1. The van der Waals surface area contributed by atoms with Crippen molar-refractivity contribution >= 4 is 39.1 Å². The van der Waals surface area contributed by atoms with Gasteiger partial charge in [0, 0.05) is 0 Å². The highest BCUT2D eigenvalue weighted by molar-refractivity contribution is 7.22. The van der Waals surface area contributed by atoms with Gasteiger partial charge in [0.15, 0.2) is 5.13 Å². The molecule has 1 aromatic heterocycles. The summed E-state index contributed by atoms with van der Waals surface area (Å²) < 4.78 is 6.13. The van der Waals surface area contributed by atoms with Crippen molar-refractivity contribution in [3.05, 3.63) is 18.2 Å². The summed E-state index contributed by atoms with van der Waals surface area (Å²) in [6.45, 7) is 0. The van der Waals surface area contributed by atoms with Crippen LogP contribution in [0.25, 0.3) is 10.2 Å². The lowest BCUT2D eigenvalue weighted by molar-refractivity contribution is 0.415. The van der Waals surface area contributed by atoms with Gasteiger partial charge in [0.1, 0.15) is 5.75 Å². The van der Waals surface area contributed by atoms with Crippen LogP contribution >= 0.6 is 23.7 Å². The molecule has 0 bridgehead atoms. The van der Waals surface area contributed by atoms with E-state index < -0.39 is 0 Å². The summed E-state index contributed by atoms with van der Waals surface area (Å²) in [7, 11) is 1.64. The van der Waals surface area contributed by atoms with Gasteiger partial charge in [-0.05, 0) is 18.2 Å². The average Bonchev–Trinajstić information content (AvgIpc) is 2.43. The van der Waals surface area contributed by atoms with Gasteiger partial charge in [-0.3, -0.25) is 0 Å². The first-order chi connectivity index (χ1) is 5.79. The Bertz CT molecular complexity index is 415.